The Bertz CT molecular complexity index is 436. The molecule has 0 unspecified atom stereocenters. The Hall–Kier alpha value is -1.34. The van der Waals surface area contributed by atoms with Crippen LogP contribution >= 0.6 is 22.7 Å². The summed E-state index contributed by atoms with van der Waals surface area (Å²) in [6.07, 6.45) is 0. The summed E-state index contributed by atoms with van der Waals surface area (Å²) >= 11 is 2.71. The third-order valence-corrected chi connectivity index (χ3v) is 2.75. The second kappa shape index (κ2) is 3.81. The van der Waals surface area contributed by atoms with E-state index in [2.05, 4.69) is 20.5 Å². The number of rotatable bonds is 2. The number of aromatic nitrogens is 3. The van der Waals surface area contributed by atoms with Gasteiger partial charge in [0.1, 0.15) is 10.7 Å². The Morgan fingerprint density at radius 1 is 1.50 bits per heavy atom. The van der Waals surface area contributed by atoms with Gasteiger partial charge in [0, 0.05) is 5.38 Å². The van der Waals surface area contributed by atoms with Gasteiger partial charge in [0.25, 0.3) is 5.91 Å². The summed E-state index contributed by atoms with van der Waals surface area (Å²) in [5.74, 6) is -0.248. The van der Waals surface area contributed by atoms with Gasteiger partial charge in [-0.1, -0.05) is 11.3 Å². The highest BCUT2D eigenvalue weighted by Crippen LogP contribution is 2.14. The molecule has 2 rings (SSSR count). The van der Waals surface area contributed by atoms with Crippen molar-refractivity contribution >= 4 is 33.7 Å². The Labute approximate surface area is 87.8 Å². The van der Waals surface area contributed by atoms with Crippen LogP contribution in [0.2, 0.25) is 0 Å². The number of hydrogen-bond donors (Lipinski definition) is 1. The molecule has 72 valence electrons. The van der Waals surface area contributed by atoms with Crippen molar-refractivity contribution in [3.8, 4) is 0 Å². The molecule has 0 saturated carbocycles. The van der Waals surface area contributed by atoms with E-state index in [0.717, 1.165) is 5.01 Å². The molecule has 0 aliphatic rings. The molecule has 1 N–H and O–H groups in total. The molecule has 0 aliphatic carbocycles. The van der Waals surface area contributed by atoms with Crippen LogP contribution in [0.25, 0.3) is 0 Å². The van der Waals surface area contributed by atoms with Gasteiger partial charge in [-0.2, -0.15) is 0 Å². The van der Waals surface area contributed by atoms with Gasteiger partial charge in [-0.3, -0.25) is 10.1 Å². The van der Waals surface area contributed by atoms with Gasteiger partial charge in [0.05, 0.1) is 5.51 Å². The van der Waals surface area contributed by atoms with Crippen molar-refractivity contribution in [2.45, 2.75) is 6.92 Å². The topological polar surface area (TPSA) is 67.8 Å². The zero-order chi connectivity index (χ0) is 9.97. The second-order valence-electron chi connectivity index (χ2n) is 2.45. The number of aryl methyl sites for hydroxylation is 1. The normalized spacial score (nSPS) is 10.1. The fourth-order valence-electron chi connectivity index (χ4n) is 0.833. The Kier molecular flexibility index (Phi) is 2.51. The van der Waals surface area contributed by atoms with Crippen molar-refractivity contribution < 1.29 is 4.79 Å². The predicted octanol–water partition coefficient (Wildman–Crippen LogP) is 1.56. The van der Waals surface area contributed by atoms with Crippen molar-refractivity contribution in [1.29, 1.82) is 0 Å². The molecule has 0 bridgehead atoms. The number of amides is 1. The first-order valence-corrected chi connectivity index (χ1v) is 5.51. The van der Waals surface area contributed by atoms with Crippen LogP contribution < -0.4 is 5.32 Å². The summed E-state index contributed by atoms with van der Waals surface area (Å²) in [5, 5.41) is 13.2. The highest BCUT2D eigenvalue weighted by molar-refractivity contribution is 7.15. The largest absolute Gasteiger partial charge is 0.295 e. The van der Waals surface area contributed by atoms with Crippen molar-refractivity contribution in [2.75, 3.05) is 5.32 Å². The summed E-state index contributed by atoms with van der Waals surface area (Å²) < 4.78 is 0. The molecule has 5 nitrogen and oxygen atoms in total. The lowest BCUT2D eigenvalue weighted by molar-refractivity contribution is 0.102. The van der Waals surface area contributed by atoms with E-state index < -0.39 is 0 Å². The number of nitrogens with one attached hydrogen (secondary N) is 1. The van der Waals surface area contributed by atoms with Gasteiger partial charge < -0.3 is 0 Å². The Morgan fingerprint density at radius 2 is 2.36 bits per heavy atom. The number of thiazole rings is 1. The molecule has 0 fully saturated rings. The van der Waals surface area contributed by atoms with Crippen LogP contribution in [0.4, 0.5) is 5.13 Å². The smallest absolute Gasteiger partial charge is 0.276 e. The molecular weight excluding hydrogens is 220 g/mol. The summed E-state index contributed by atoms with van der Waals surface area (Å²) in [6, 6.07) is 0. The maximum atomic E-state index is 11.5. The quantitative estimate of drug-likeness (QED) is 0.843. The minimum Gasteiger partial charge on any atom is -0.295 e. The molecule has 14 heavy (non-hydrogen) atoms. The summed E-state index contributed by atoms with van der Waals surface area (Å²) in [5.41, 5.74) is 2.02. The van der Waals surface area contributed by atoms with Crippen LogP contribution in [0.3, 0.4) is 0 Å². The van der Waals surface area contributed by atoms with E-state index in [1.54, 1.807) is 10.9 Å². The van der Waals surface area contributed by atoms with Gasteiger partial charge in [0.15, 0.2) is 0 Å². The predicted molar refractivity (Wildman–Crippen MR) is 54.7 cm³/mol. The zero-order valence-electron chi connectivity index (χ0n) is 7.22. The second-order valence-corrected chi connectivity index (χ2v) is 4.35. The average molecular weight is 226 g/mol. The number of hydrogen-bond acceptors (Lipinski definition) is 6. The van der Waals surface area contributed by atoms with E-state index in [1.165, 1.54) is 22.7 Å². The lowest BCUT2D eigenvalue weighted by Crippen LogP contribution is -2.11. The molecule has 2 aromatic rings. The maximum Gasteiger partial charge on any atom is 0.276 e. The highest BCUT2D eigenvalue weighted by Gasteiger charge is 2.09. The van der Waals surface area contributed by atoms with Crippen molar-refractivity contribution in [3.63, 3.8) is 0 Å². The molecule has 2 heterocycles. The third-order valence-electron chi connectivity index (χ3n) is 1.41. The lowest BCUT2D eigenvalue weighted by Gasteiger charge is -1.95. The molecule has 0 aromatic carbocycles. The molecule has 7 heteroatoms. The van der Waals surface area contributed by atoms with E-state index in [9.17, 15) is 4.79 Å². The molecule has 0 atom stereocenters. The first-order valence-electron chi connectivity index (χ1n) is 3.75. The first-order chi connectivity index (χ1) is 6.75. The first kappa shape index (κ1) is 9.22. The number of nitrogens with zero attached hydrogens (tertiary/aromatic N) is 3. The highest BCUT2D eigenvalue weighted by atomic mass is 32.1. The molecule has 0 aliphatic heterocycles. The molecule has 0 spiro atoms. The average Bonchev–Trinajstić information content (AvgIpc) is 2.75. The van der Waals surface area contributed by atoms with Crippen molar-refractivity contribution in [1.82, 2.24) is 15.2 Å². The van der Waals surface area contributed by atoms with Crippen molar-refractivity contribution in [3.05, 3.63) is 21.6 Å². The van der Waals surface area contributed by atoms with E-state index in [-0.39, 0.29) is 5.91 Å². The summed E-state index contributed by atoms with van der Waals surface area (Å²) in [7, 11) is 0. The van der Waals surface area contributed by atoms with Gasteiger partial charge in [-0.05, 0) is 6.92 Å². The minimum atomic E-state index is -0.248. The van der Waals surface area contributed by atoms with E-state index in [4.69, 9.17) is 0 Å². The Morgan fingerprint density at radius 3 is 2.93 bits per heavy atom. The number of carbonyl (C=O) groups is 1. The minimum absolute atomic E-state index is 0.248. The Balaban J connectivity index is 2.09. The van der Waals surface area contributed by atoms with E-state index >= 15 is 0 Å². The maximum absolute atomic E-state index is 11.5. The lowest BCUT2D eigenvalue weighted by atomic mass is 10.5. The summed E-state index contributed by atoms with van der Waals surface area (Å²) in [6.45, 7) is 1.83. The molecule has 0 radical (unpaired) electrons. The summed E-state index contributed by atoms with van der Waals surface area (Å²) in [4.78, 5) is 15.3. The monoisotopic (exact) mass is 226 g/mol. The molecule has 1 amide bonds. The van der Waals surface area contributed by atoms with Crippen LogP contribution in [0.5, 0.6) is 0 Å². The SMILES string of the molecule is Cc1nnc(NC(=O)c2cscn2)s1. The number of carbonyl (C=O) groups excluding carboxylic acids is 1. The molecule has 2 aromatic heterocycles. The van der Waals surface area contributed by atoms with Crippen LogP contribution in [0, 0.1) is 6.92 Å². The van der Waals surface area contributed by atoms with Crippen LogP contribution in [0.1, 0.15) is 15.5 Å². The number of anilines is 1. The van der Waals surface area contributed by atoms with Gasteiger partial charge >= 0.3 is 0 Å². The van der Waals surface area contributed by atoms with Crippen molar-refractivity contribution in [2.24, 2.45) is 0 Å². The van der Waals surface area contributed by atoms with Gasteiger partial charge in [-0.15, -0.1) is 21.5 Å². The standard InChI is InChI=1S/C7H6N4OS2/c1-4-10-11-7(14-4)9-6(12)5-2-13-3-8-5/h2-3H,1H3,(H,9,11,12). The van der Waals surface area contributed by atoms with Crippen LogP contribution in [-0.4, -0.2) is 21.1 Å². The third kappa shape index (κ3) is 1.94. The van der Waals surface area contributed by atoms with E-state index in [0.29, 0.717) is 10.8 Å². The molecular formula is C7H6N4OS2. The van der Waals surface area contributed by atoms with Crippen LogP contribution in [0.15, 0.2) is 10.9 Å². The van der Waals surface area contributed by atoms with Crippen LogP contribution in [-0.2, 0) is 0 Å². The zero-order valence-corrected chi connectivity index (χ0v) is 8.85. The van der Waals surface area contributed by atoms with Gasteiger partial charge in [0.2, 0.25) is 5.13 Å². The fourth-order valence-corrected chi connectivity index (χ4v) is 1.95. The molecule has 0 saturated heterocycles. The van der Waals surface area contributed by atoms with Gasteiger partial charge in [-0.25, -0.2) is 4.98 Å². The van der Waals surface area contributed by atoms with E-state index in [1.807, 2.05) is 6.92 Å². The fraction of sp³-hybridized carbons (Fsp3) is 0.143.